The van der Waals surface area contributed by atoms with Gasteiger partial charge in [0, 0.05) is 41.4 Å². The average Bonchev–Trinajstić information content (AvgIpc) is 3.53. The molecule has 1 aliphatic carbocycles. The summed E-state index contributed by atoms with van der Waals surface area (Å²) in [7, 11) is 0. The fourth-order valence-electron chi connectivity index (χ4n) is 5.85. The first-order valence-corrected chi connectivity index (χ1v) is 15.4. The number of benzene rings is 4. The van der Waals surface area contributed by atoms with Gasteiger partial charge in [-0.2, -0.15) is 0 Å². The Hall–Kier alpha value is -3.60. The molecule has 1 unspecified atom stereocenters. The van der Waals surface area contributed by atoms with Crippen molar-refractivity contribution >= 4 is 35.0 Å². The molecular formula is C36H36Cl2N2O2. The molecule has 6 heteroatoms. The van der Waals surface area contributed by atoms with E-state index in [4.69, 9.17) is 23.2 Å². The zero-order chi connectivity index (χ0) is 29.3. The van der Waals surface area contributed by atoms with E-state index >= 15 is 0 Å². The Morgan fingerprint density at radius 2 is 1.36 bits per heavy atom. The van der Waals surface area contributed by atoms with E-state index in [2.05, 4.69) is 29.6 Å². The highest BCUT2D eigenvalue weighted by Crippen LogP contribution is 2.31. The van der Waals surface area contributed by atoms with Gasteiger partial charge in [-0.3, -0.25) is 9.59 Å². The molecule has 0 spiro atoms. The van der Waals surface area contributed by atoms with Gasteiger partial charge in [0.2, 0.25) is 11.8 Å². The molecular weight excluding hydrogens is 563 g/mol. The summed E-state index contributed by atoms with van der Waals surface area (Å²) in [6.45, 7) is 0.195. The number of nitrogens with one attached hydrogen (secondary N) is 1. The highest BCUT2D eigenvalue weighted by Gasteiger charge is 2.34. The van der Waals surface area contributed by atoms with Gasteiger partial charge in [0.25, 0.3) is 0 Å². The van der Waals surface area contributed by atoms with Crippen LogP contribution in [0.3, 0.4) is 0 Å². The molecule has 0 heterocycles. The molecule has 0 saturated heterocycles. The quantitative estimate of drug-likeness (QED) is 0.189. The fraction of sp³-hybridized carbons (Fsp3) is 0.278. The van der Waals surface area contributed by atoms with Crippen LogP contribution in [-0.4, -0.2) is 28.8 Å². The van der Waals surface area contributed by atoms with Crippen LogP contribution in [0, 0.1) is 0 Å². The van der Waals surface area contributed by atoms with Crippen molar-refractivity contribution in [3.8, 4) is 0 Å². The van der Waals surface area contributed by atoms with Crippen molar-refractivity contribution < 1.29 is 9.59 Å². The van der Waals surface area contributed by atoms with Crippen molar-refractivity contribution in [1.29, 1.82) is 0 Å². The molecule has 4 aromatic carbocycles. The van der Waals surface area contributed by atoms with Crippen LogP contribution in [-0.2, 0) is 22.6 Å². The standard InChI is InChI=1S/C36H36Cl2N2O2/c37-30-21-20-29(33(38)23-30)25-40(34(22-26-12-4-1-5-13-26)36(42)39-31-18-10-11-19-31)35(41)24-32(27-14-6-2-7-15-27)28-16-8-3-9-17-28/h1-9,12-17,20-21,23,31-32,34H,10-11,18-19,22,24-25H2,(H,39,42). The van der Waals surface area contributed by atoms with Crippen molar-refractivity contribution in [3.63, 3.8) is 0 Å². The normalized spacial score (nSPS) is 14.1. The minimum absolute atomic E-state index is 0.110. The molecule has 4 aromatic rings. The lowest BCUT2D eigenvalue weighted by atomic mass is 9.87. The second-order valence-electron chi connectivity index (χ2n) is 11.0. The maximum atomic E-state index is 14.5. The zero-order valence-electron chi connectivity index (χ0n) is 23.6. The minimum atomic E-state index is -0.709. The topological polar surface area (TPSA) is 49.4 Å². The van der Waals surface area contributed by atoms with E-state index in [0.717, 1.165) is 47.9 Å². The molecule has 42 heavy (non-hydrogen) atoms. The third kappa shape index (κ3) is 7.81. The monoisotopic (exact) mass is 598 g/mol. The Labute approximate surface area is 258 Å². The Kier molecular flexibility index (Phi) is 10.3. The van der Waals surface area contributed by atoms with E-state index in [1.165, 1.54) is 0 Å². The summed E-state index contributed by atoms with van der Waals surface area (Å²) in [6, 6.07) is 34.8. The molecule has 4 nitrogen and oxygen atoms in total. The number of halogens is 2. The van der Waals surface area contributed by atoms with E-state index in [9.17, 15) is 9.59 Å². The van der Waals surface area contributed by atoms with Crippen molar-refractivity contribution in [2.45, 2.75) is 63.1 Å². The van der Waals surface area contributed by atoms with Crippen molar-refractivity contribution in [2.24, 2.45) is 0 Å². The van der Waals surface area contributed by atoms with Gasteiger partial charge < -0.3 is 10.2 Å². The maximum absolute atomic E-state index is 14.5. The second-order valence-corrected chi connectivity index (χ2v) is 11.9. The first-order chi connectivity index (χ1) is 20.5. The molecule has 0 aliphatic heterocycles. The van der Waals surface area contributed by atoms with E-state index in [-0.39, 0.29) is 36.7 Å². The number of carbonyl (C=O) groups excluding carboxylic acids is 2. The largest absolute Gasteiger partial charge is 0.352 e. The molecule has 0 bridgehead atoms. The van der Waals surface area contributed by atoms with Crippen LogP contribution >= 0.6 is 23.2 Å². The smallest absolute Gasteiger partial charge is 0.243 e. The highest BCUT2D eigenvalue weighted by atomic mass is 35.5. The molecule has 1 saturated carbocycles. The maximum Gasteiger partial charge on any atom is 0.243 e. The van der Waals surface area contributed by atoms with E-state index < -0.39 is 6.04 Å². The lowest BCUT2D eigenvalue weighted by Crippen LogP contribution is -2.52. The summed E-state index contributed by atoms with van der Waals surface area (Å²) >= 11 is 12.8. The van der Waals surface area contributed by atoms with Crippen LogP contribution in [0.25, 0.3) is 0 Å². The number of carbonyl (C=O) groups is 2. The van der Waals surface area contributed by atoms with Crippen molar-refractivity contribution in [1.82, 2.24) is 10.2 Å². The molecule has 5 rings (SSSR count). The molecule has 0 radical (unpaired) electrons. The average molecular weight is 600 g/mol. The lowest BCUT2D eigenvalue weighted by Gasteiger charge is -2.34. The molecule has 1 atom stereocenters. The third-order valence-corrected chi connectivity index (χ3v) is 8.70. The van der Waals surface area contributed by atoms with Crippen LogP contribution in [0.15, 0.2) is 109 Å². The number of nitrogens with zero attached hydrogens (tertiary/aromatic N) is 1. The van der Waals surface area contributed by atoms with Crippen LogP contribution in [0.2, 0.25) is 10.0 Å². The van der Waals surface area contributed by atoms with Crippen LogP contribution in [0.4, 0.5) is 0 Å². The first-order valence-electron chi connectivity index (χ1n) is 14.7. The van der Waals surface area contributed by atoms with E-state index in [0.29, 0.717) is 16.5 Å². The SMILES string of the molecule is O=C(NC1CCCC1)C(Cc1ccccc1)N(Cc1ccc(Cl)cc1Cl)C(=O)CC(c1ccccc1)c1ccccc1. The zero-order valence-corrected chi connectivity index (χ0v) is 25.1. The molecule has 1 N–H and O–H groups in total. The first kappa shape index (κ1) is 29.9. The Bertz CT molecular complexity index is 1420. The number of hydrogen-bond acceptors (Lipinski definition) is 2. The van der Waals surface area contributed by atoms with Crippen molar-refractivity contribution in [2.75, 3.05) is 0 Å². The summed E-state index contributed by atoms with van der Waals surface area (Å²) in [6.07, 6.45) is 4.74. The van der Waals surface area contributed by atoms with Gasteiger partial charge in [-0.15, -0.1) is 0 Å². The van der Waals surface area contributed by atoms with Crippen LogP contribution < -0.4 is 5.32 Å². The second kappa shape index (κ2) is 14.5. The van der Waals surface area contributed by atoms with Gasteiger partial charge in [-0.1, -0.05) is 133 Å². The number of rotatable bonds is 11. The Balaban J connectivity index is 1.53. The third-order valence-electron chi connectivity index (χ3n) is 8.11. The van der Waals surface area contributed by atoms with Gasteiger partial charge in [0.05, 0.1) is 0 Å². The number of amides is 2. The summed E-state index contributed by atoms with van der Waals surface area (Å²) < 4.78 is 0. The van der Waals surface area contributed by atoms with Crippen molar-refractivity contribution in [3.05, 3.63) is 141 Å². The predicted molar refractivity (Wildman–Crippen MR) is 171 cm³/mol. The summed E-state index contributed by atoms with van der Waals surface area (Å²) in [5.41, 5.74) is 3.84. The van der Waals surface area contributed by atoms with Gasteiger partial charge in [-0.05, 0) is 47.2 Å². The minimum Gasteiger partial charge on any atom is -0.352 e. The summed E-state index contributed by atoms with van der Waals surface area (Å²) in [5.74, 6) is -0.403. The molecule has 0 aromatic heterocycles. The molecule has 2 amide bonds. The highest BCUT2D eigenvalue weighted by molar-refractivity contribution is 6.35. The molecule has 216 valence electrons. The van der Waals surface area contributed by atoms with Gasteiger partial charge >= 0.3 is 0 Å². The van der Waals surface area contributed by atoms with Crippen LogP contribution in [0.5, 0.6) is 0 Å². The molecule has 1 aliphatic rings. The molecule has 1 fully saturated rings. The summed E-state index contributed by atoms with van der Waals surface area (Å²) in [5, 5.41) is 4.27. The Morgan fingerprint density at radius 3 is 1.93 bits per heavy atom. The Morgan fingerprint density at radius 1 is 0.786 bits per heavy atom. The van der Waals surface area contributed by atoms with E-state index in [1.54, 1.807) is 17.0 Å². The van der Waals surface area contributed by atoms with Gasteiger partial charge in [-0.25, -0.2) is 0 Å². The van der Waals surface area contributed by atoms with Gasteiger partial charge in [0.1, 0.15) is 6.04 Å². The van der Waals surface area contributed by atoms with E-state index in [1.807, 2.05) is 72.8 Å². The van der Waals surface area contributed by atoms with Crippen LogP contribution in [0.1, 0.15) is 60.3 Å². The number of hydrogen-bond donors (Lipinski definition) is 1. The predicted octanol–water partition coefficient (Wildman–Crippen LogP) is 8.21. The lowest BCUT2D eigenvalue weighted by molar-refractivity contribution is -0.141. The fourth-order valence-corrected chi connectivity index (χ4v) is 6.31. The van der Waals surface area contributed by atoms with Gasteiger partial charge in [0.15, 0.2) is 0 Å². The summed E-state index contributed by atoms with van der Waals surface area (Å²) in [4.78, 5) is 30.3.